The summed E-state index contributed by atoms with van der Waals surface area (Å²) < 4.78 is 70.3. The first-order chi connectivity index (χ1) is 19.7. The molecule has 0 saturated carbocycles. The third-order valence-corrected chi connectivity index (χ3v) is 9.50. The van der Waals surface area contributed by atoms with E-state index < -0.39 is 82.1 Å². The standard InChI is InChI=1S/C26H45FN4O10P2/c1-15(2)39-24(33)17(5)29-42(9,35)37-13-20-26(8,14-38-43(10,36)30-18(6)25(34)40-16(3)4)22(27)23(41-20)31-12-11-21(32)28-19(31)7/h11-12,15-18,20,22-23H,7,13-14H2,1-6,8-10H3,(H,28,32)(H,29,35)(H,30,36)/t17-,18-,20+,22+,23+,26?,42?,43?/m0/s1. The van der Waals surface area contributed by atoms with Crippen molar-refractivity contribution in [2.75, 3.05) is 26.5 Å². The van der Waals surface area contributed by atoms with Crippen LogP contribution in [0.4, 0.5) is 4.39 Å². The summed E-state index contributed by atoms with van der Waals surface area (Å²) in [4.78, 5) is 37.4. The van der Waals surface area contributed by atoms with Crippen molar-refractivity contribution in [1.29, 1.82) is 0 Å². The highest BCUT2D eigenvalue weighted by molar-refractivity contribution is 7.56. The van der Waals surface area contributed by atoms with E-state index in [1.165, 1.54) is 51.3 Å². The number of nitrogens with zero attached hydrogens (tertiary/aromatic N) is 1. The van der Waals surface area contributed by atoms with Gasteiger partial charge in [0.25, 0.3) is 20.9 Å². The van der Waals surface area contributed by atoms with E-state index in [0.29, 0.717) is 0 Å². The van der Waals surface area contributed by atoms with Crippen molar-refractivity contribution in [3.05, 3.63) is 24.7 Å². The van der Waals surface area contributed by atoms with E-state index in [9.17, 15) is 23.5 Å². The molecule has 2 rings (SSSR count). The Bertz CT molecular complexity index is 1180. The maximum Gasteiger partial charge on any atom is 0.323 e. The maximum absolute atomic E-state index is 16.3. The summed E-state index contributed by atoms with van der Waals surface area (Å²) in [5.74, 6) is -1.66. The molecule has 0 aromatic heterocycles. The molecule has 0 aromatic rings. The monoisotopic (exact) mass is 654 g/mol. The molecule has 2 heterocycles. The molecule has 14 nitrogen and oxygen atoms in total. The van der Waals surface area contributed by atoms with Gasteiger partial charge in [0.1, 0.15) is 17.9 Å². The minimum Gasteiger partial charge on any atom is -0.462 e. The molecule has 0 aromatic carbocycles. The van der Waals surface area contributed by atoms with E-state index in [1.54, 1.807) is 27.7 Å². The number of alkyl halides is 1. The molecular formula is C26H45FN4O10P2. The van der Waals surface area contributed by atoms with E-state index in [1.807, 2.05) is 0 Å². The number of nitrogens with one attached hydrogen (secondary N) is 3. The predicted octanol–water partition coefficient (Wildman–Crippen LogP) is 3.01. The Morgan fingerprint density at radius 1 is 1.05 bits per heavy atom. The highest BCUT2D eigenvalue weighted by Crippen LogP contribution is 2.49. The van der Waals surface area contributed by atoms with Gasteiger partial charge in [-0.25, -0.2) is 14.6 Å². The van der Waals surface area contributed by atoms with Gasteiger partial charge < -0.3 is 33.5 Å². The second-order valence-electron chi connectivity index (χ2n) is 11.5. The molecule has 246 valence electrons. The first-order valence-corrected chi connectivity index (χ1v) is 18.0. The highest BCUT2D eigenvalue weighted by atomic mass is 31.2. The van der Waals surface area contributed by atoms with E-state index in [-0.39, 0.29) is 18.0 Å². The third-order valence-electron chi connectivity index (χ3n) is 6.52. The van der Waals surface area contributed by atoms with Crippen molar-refractivity contribution in [1.82, 2.24) is 20.4 Å². The van der Waals surface area contributed by atoms with Crippen molar-refractivity contribution in [3.63, 3.8) is 0 Å². The molecule has 2 aliphatic heterocycles. The lowest BCUT2D eigenvalue weighted by atomic mass is 9.82. The number of rotatable bonds is 15. The number of amides is 1. The van der Waals surface area contributed by atoms with Crippen LogP contribution in [0.25, 0.3) is 0 Å². The molecule has 1 saturated heterocycles. The Balaban J connectivity index is 2.24. The van der Waals surface area contributed by atoms with Gasteiger partial charge in [0.05, 0.1) is 36.9 Å². The largest absolute Gasteiger partial charge is 0.462 e. The van der Waals surface area contributed by atoms with Crippen LogP contribution in [0.3, 0.4) is 0 Å². The Kier molecular flexibility index (Phi) is 12.7. The van der Waals surface area contributed by atoms with Gasteiger partial charge in [-0.2, -0.15) is 0 Å². The molecule has 2 aliphatic rings. The van der Waals surface area contributed by atoms with Crippen LogP contribution >= 0.6 is 15.0 Å². The number of ether oxygens (including phenoxy) is 3. The van der Waals surface area contributed by atoms with Crippen LogP contribution in [0.15, 0.2) is 24.7 Å². The second-order valence-corrected chi connectivity index (χ2v) is 15.9. The number of esters is 2. The first kappa shape index (κ1) is 37.1. The normalized spacial score (nSPS) is 28.3. The summed E-state index contributed by atoms with van der Waals surface area (Å²) in [5.41, 5.74) is -1.54. The molecule has 0 spiro atoms. The molecule has 1 fully saturated rings. The summed E-state index contributed by atoms with van der Waals surface area (Å²) in [6.07, 6.45) is -2.55. The SMILES string of the molecule is C=C1NC(=O)C=CN1[C@@H]1O[C@H](COP(C)(=O)N[C@@H](C)C(=O)OC(C)C)C(C)(COP(C)(=O)N[C@@H](C)C(=O)OC(C)C)[C@@H]1F. The number of carbonyl (C=O) groups excluding carboxylic acids is 3. The quantitative estimate of drug-likeness (QED) is 0.174. The van der Waals surface area contributed by atoms with Gasteiger partial charge in [-0.3, -0.25) is 23.5 Å². The van der Waals surface area contributed by atoms with Gasteiger partial charge in [0.15, 0.2) is 12.4 Å². The van der Waals surface area contributed by atoms with Crippen LogP contribution in [0.5, 0.6) is 0 Å². The first-order valence-electron chi connectivity index (χ1n) is 13.8. The van der Waals surface area contributed by atoms with Crippen LogP contribution in [-0.2, 0) is 46.8 Å². The molecular weight excluding hydrogens is 609 g/mol. The van der Waals surface area contributed by atoms with Gasteiger partial charge in [-0.15, -0.1) is 0 Å². The summed E-state index contributed by atoms with van der Waals surface area (Å²) in [7, 11) is -7.35. The maximum atomic E-state index is 16.3. The molecule has 3 unspecified atom stereocenters. The fraction of sp³-hybridized carbons (Fsp3) is 0.731. The molecule has 43 heavy (non-hydrogen) atoms. The zero-order valence-corrected chi connectivity index (χ0v) is 27.9. The fourth-order valence-electron chi connectivity index (χ4n) is 4.25. The molecule has 8 atom stereocenters. The number of carbonyl (C=O) groups is 3. The molecule has 3 N–H and O–H groups in total. The van der Waals surface area contributed by atoms with Crippen LogP contribution in [-0.4, -0.2) is 92.1 Å². The Morgan fingerprint density at radius 3 is 2.00 bits per heavy atom. The zero-order valence-electron chi connectivity index (χ0n) is 26.1. The summed E-state index contributed by atoms with van der Waals surface area (Å²) >= 11 is 0. The molecule has 1 amide bonds. The average molecular weight is 655 g/mol. The van der Waals surface area contributed by atoms with E-state index in [0.717, 1.165) is 0 Å². The van der Waals surface area contributed by atoms with Crippen molar-refractivity contribution in [3.8, 4) is 0 Å². The molecule has 0 bridgehead atoms. The number of halogens is 1. The molecule has 0 aliphatic carbocycles. The Morgan fingerprint density at radius 2 is 1.53 bits per heavy atom. The minimum atomic E-state index is -3.69. The Labute approximate surface area is 252 Å². The zero-order chi connectivity index (χ0) is 32.9. The lowest BCUT2D eigenvalue weighted by Crippen LogP contribution is -2.47. The van der Waals surface area contributed by atoms with Crippen molar-refractivity contribution in [2.24, 2.45) is 5.41 Å². The van der Waals surface area contributed by atoms with Crippen molar-refractivity contribution < 1.29 is 51.2 Å². The van der Waals surface area contributed by atoms with E-state index in [4.69, 9.17) is 23.3 Å². The third kappa shape index (κ3) is 10.5. The topological polar surface area (TPSA) is 171 Å². The smallest absolute Gasteiger partial charge is 0.323 e. The van der Waals surface area contributed by atoms with Gasteiger partial charge in [-0.05, 0) is 41.5 Å². The lowest BCUT2D eigenvalue weighted by molar-refractivity contribution is -0.149. The predicted molar refractivity (Wildman–Crippen MR) is 157 cm³/mol. The minimum absolute atomic E-state index is 0.0608. The van der Waals surface area contributed by atoms with Crippen LogP contribution in [0.1, 0.15) is 48.5 Å². The average Bonchev–Trinajstić information content (AvgIpc) is 3.10. The summed E-state index contributed by atoms with van der Waals surface area (Å²) in [6, 6.07) is -1.95. The van der Waals surface area contributed by atoms with Crippen LogP contribution in [0.2, 0.25) is 0 Å². The fourth-order valence-corrected chi connectivity index (χ4v) is 6.97. The van der Waals surface area contributed by atoms with Crippen molar-refractivity contribution in [2.45, 2.75) is 91.3 Å². The summed E-state index contributed by atoms with van der Waals surface area (Å²) in [6.45, 7) is 16.5. The van der Waals surface area contributed by atoms with Crippen molar-refractivity contribution >= 4 is 32.9 Å². The second kappa shape index (κ2) is 14.8. The number of hydrogen-bond donors (Lipinski definition) is 3. The van der Waals surface area contributed by atoms with Gasteiger partial charge in [0.2, 0.25) is 0 Å². The van der Waals surface area contributed by atoms with Gasteiger partial charge in [-0.1, -0.05) is 13.5 Å². The van der Waals surface area contributed by atoms with Gasteiger partial charge in [0, 0.05) is 25.6 Å². The van der Waals surface area contributed by atoms with Crippen LogP contribution in [0, 0.1) is 5.41 Å². The summed E-state index contributed by atoms with van der Waals surface area (Å²) in [5, 5.41) is 7.68. The molecule has 0 radical (unpaired) electrons. The van der Waals surface area contributed by atoms with E-state index in [2.05, 4.69) is 22.1 Å². The van der Waals surface area contributed by atoms with Gasteiger partial charge >= 0.3 is 11.9 Å². The lowest BCUT2D eigenvalue weighted by Gasteiger charge is -2.34. The highest BCUT2D eigenvalue weighted by Gasteiger charge is 2.57. The number of hydrogen-bond acceptors (Lipinski definition) is 11. The molecule has 17 heteroatoms. The Hall–Kier alpha value is -2.12. The van der Waals surface area contributed by atoms with Crippen LogP contribution < -0.4 is 15.5 Å². The van der Waals surface area contributed by atoms with E-state index >= 15 is 4.39 Å².